The topological polar surface area (TPSA) is 95.3 Å². The maximum atomic E-state index is 12.3. The quantitative estimate of drug-likeness (QED) is 0.701. The highest BCUT2D eigenvalue weighted by molar-refractivity contribution is 7.89. The third-order valence-corrected chi connectivity index (χ3v) is 4.84. The van der Waals surface area contributed by atoms with Gasteiger partial charge >= 0.3 is 0 Å². The zero-order valence-electron chi connectivity index (χ0n) is 9.70. The average Bonchev–Trinajstić information content (AvgIpc) is 2.82. The Morgan fingerprint density at radius 2 is 2.35 bits per heavy atom. The number of likely N-dealkylation sites (N-methyl/N-ethyl adjacent to an activating group) is 1. The second-order valence-corrected chi connectivity index (χ2v) is 6.04. The number of nitrogens with one attached hydrogen (secondary N) is 1. The van der Waals surface area contributed by atoms with Crippen LogP contribution in [0.15, 0.2) is 17.6 Å². The van der Waals surface area contributed by atoms with Crippen LogP contribution in [-0.2, 0) is 10.0 Å². The Labute approximate surface area is 101 Å². The minimum absolute atomic E-state index is 0.125. The first-order valence-electron chi connectivity index (χ1n) is 5.44. The number of hydrogen-bond acceptors (Lipinski definition) is 5. The van der Waals surface area contributed by atoms with Crippen LogP contribution in [0.3, 0.4) is 0 Å². The molecule has 8 heteroatoms. The molecule has 3 N–H and O–H groups in total. The van der Waals surface area contributed by atoms with E-state index >= 15 is 0 Å². The zero-order chi connectivity index (χ0) is 12.5. The van der Waals surface area contributed by atoms with Gasteiger partial charge in [-0.25, -0.2) is 13.4 Å². The molecule has 0 bridgehead atoms. The van der Waals surface area contributed by atoms with Crippen molar-refractivity contribution >= 4 is 10.0 Å². The lowest BCUT2D eigenvalue weighted by Gasteiger charge is -2.38. The summed E-state index contributed by atoms with van der Waals surface area (Å²) >= 11 is 0. The molecule has 96 valence electrons. The molecule has 0 amide bonds. The van der Waals surface area contributed by atoms with Crippen LogP contribution in [-0.4, -0.2) is 66.9 Å². The van der Waals surface area contributed by atoms with E-state index in [0.717, 1.165) is 0 Å². The molecule has 17 heavy (non-hydrogen) atoms. The number of piperazine rings is 1. The summed E-state index contributed by atoms with van der Waals surface area (Å²) in [6, 6.07) is -0.179. The van der Waals surface area contributed by atoms with Crippen molar-refractivity contribution in [1.29, 1.82) is 0 Å². The van der Waals surface area contributed by atoms with E-state index in [1.54, 1.807) is 0 Å². The molecule has 2 rings (SSSR count). The van der Waals surface area contributed by atoms with Crippen molar-refractivity contribution in [2.75, 3.05) is 33.2 Å². The number of rotatable bonds is 3. The van der Waals surface area contributed by atoms with E-state index in [4.69, 9.17) is 5.73 Å². The molecule has 0 spiro atoms. The Morgan fingerprint density at radius 1 is 1.59 bits per heavy atom. The summed E-state index contributed by atoms with van der Waals surface area (Å²) in [7, 11) is -1.53. The Kier molecular flexibility index (Phi) is 3.48. The molecule has 1 saturated heterocycles. The fourth-order valence-corrected chi connectivity index (χ4v) is 3.53. The van der Waals surface area contributed by atoms with E-state index in [-0.39, 0.29) is 11.1 Å². The normalized spacial score (nSPS) is 24.0. The third kappa shape index (κ3) is 2.34. The van der Waals surface area contributed by atoms with Gasteiger partial charge in [0.25, 0.3) is 10.0 Å². The minimum Gasteiger partial charge on any atom is -0.335 e. The Balaban J connectivity index is 2.27. The van der Waals surface area contributed by atoms with Gasteiger partial charge < -0.3 is 15.6 Å². The van der Waals surface area contributed by atoms with E-state index in [0.29, 0.717) is 26.2 Å². The number of hydrogen-bond donors (Lipinski definition) is 2. The van der Waals surface area contributed by atoms with Gasteiger partial charge in [0, 0.05) is 26.2 Å². The number of nitrogens with zero attached hydrogens (tertiary/aromatic N) is 3. The summed E-state index contributed by atoms with van der Waals surface area (Å²) in [4.78, 5) is 8.46. The molecular formula is C9H17N5O2S. The molecular weight excluding hydrogens is 242 g/mol. The summed E-state index contributed by atoms with van der Waals surface area (Å²) in [6.07, 6.45) is 2.68. The van der Waals surface area contributed by atoms with Crippen LogP contribution < -0.4 is 5.73 Å². The van der Waals surface area contributed by atoms with Gasteiger partial charge in [-0.2, -0.15) is 4.31 Å². The standard InChI is InChI=1S/C9H17N5O2S/c1-13-2-3-14(8(4-10)6-13)17(15,16)9-5-11-7-12-9/h5,7-8H,2-4,6,10H2,1H3,(H,11,12). The fraction of sp³-hybridized carbons (Fsp3) is 0.667. The van der Waals surface area contributed by atoms with E-state index in [9.17, 15) is 8.42 Å². The van der Waals surface area contributed by atoms with Crippen molar-refractivity contribution in [3.63, 3.8) is 0 Å². The smallest absolute Gasteiger partial charge is 0.260 e. The highest BCUT2D eigenvalue weighted by Gasteiger charge is 2.35. The molecule has 1 aliphatic rings. The molecule has 0 aromatic carbocycles. The predicted molar refractivity (Wildman–Crippen MR) is 62.8 cm³/mol. The molecule has 1 atom stereocenters. The van der Waals surface area contributed by atoms with E-state index < -0.39 is 10.0 Å². The van der Waals surface area contributed by atoms with Crippen molar-refractivity contribution in [2.24, 2.45) is 5.73 Å². The van der Waals surface area contributed by atoms with Gasteiger partial charge in [0.2, 0.25) is 0 Å². The van der Waals surface area contributed by atoms with Gasteiger partial charge in [0.15, 0.2) is 5.03 Å². The van der Waals surface area contributed by atoms with E-state index in [2.05, 4.69) is 14.9 Å². The molecule has 2 heterocycles. The van der Waals surface area contributed by atoms with Gasteiger partial charge in [-0.15, -0.1) is 0 Å². The lowest BCUT2D eigenvalue weighted by molar-refractivity contribution is 0.163. The average molecular weight is 259 g/mol. The summed E-state index contributed by atoms with van der Waals surface area (Å²) in [5.41, 5.74) is 5.65. The Bertz CT molecular complexity index is 458. The highest BCUT2D eigenvalue weighted by Crippen LogP contribution is 2.18. The Hall–Kier alpha value is -0.960. The largest absolute Gasteiger partial charge is 0.335 e. The molecule has 1 unspecified atom stereocenters. The number of sulfonamides is 1. The van der Waals surface area contributed by atoms with Crippen LogP contribution in [0.4, 0.5) is 0 Å². The number of imidazole rings is 1. The van der Waals surface area contributed by atoms with Crippen molar-refractivity contribution < 1.29 is 8.42 Å². The van der Waals surface area contributed by atoms with Gasteiger partial charge in [-0.1, -0.05) is 0 Å². The van der Waals surface area contributed by atoms with Crippen LogP contribution >= 0.6 is 0 Å². The van der Waals surface area contributed by atoms with Crippen LogP contribution in [0.5, 0.6) is 0 Å². The van der Waals surface area contributed by atoms with Crippen LogP contribution in [0.1, 0.15) is 0 Å². The first-order valence-corrected chi connectivity index (χ1v) is 6.88. The first-order chi connectivity index (χ1) is 8.05. The van der Waals surface area contributed by atoms with Crippen LogP contribution in [0.25, 0.3) is 0 Å². The molecule has 1 aliphatic heterocycles. The number of H-pyrrole nitrogens is 1. The number of aromatic amines is 1. The van der Waals surface area contributed by atoms with E-state index in [1.165, 1.54) is 16.8 Å². The van der Waals surface area contributed by atoms with Crippen molar-refractivity contribution in [3.8, 4) is 0 Å². The first kappa shape index (κ1) is 12.5. The number of aromatic nitrogens is 2. The summed E-state index contributed by atoms with van der Waals surface area (Å²) in [5.74, 6) is 0. The van der Waals surface area contributed by atoms with Crippen molar-refractivity contribution in [2.45, 2.75) is 11.1 Å². The molecule has 0 aliphatic carbocycles. The highest BCUT2D eigenvalue weighted by atomic mass is 32.2. The maximum Gasteiger partial charge on any atom is 0.260 e. The molecule has 0 radical (unpaired) electrons. The molecule has 7 nitrogen and oxygen atoms in total. The fourth-order valence-electron chi connectivity index (χ4n) is 2.01. The lowest BCUT2D eigenvalue weighted by Crippen LogP contribution is -2.56. The third-order valence-electron chi connectivity index (χ3n) is 2.96. The van der Waals surface area contributed by atoms with Gasteiger partial charge in [-0.3, -0.25) is 0 Å². The second-order valence-electron chi connectivity index (χ2n) is 4.18. The number of nitrogens with two attached hydrogens (primary N) is 1. The SMILES string of the molecule is CN1CCN(S(=O)(=O)c2cnc[nH]2)C(CN)C1. The van der Waals surface area contributed by atoms with E-state index in [1.807, 2.05) is 7.05 Å². The molecule has 1 aromatic heterocycles. The molecule has 0 saturated carbocycles. The minimum atomic E-state index is -3.49. The maximum absolute atomic E-state index is 12.3. The monoisotopic (exact) mass is 259 g/mol. The summed E-state index contributed by atoms with van der Waals surface area (Å²) in [5, 5.41) is 0.125. The van der Waals surface area contributed by atoms with Gasteiger partial charge in [0.1, 0.15) is 0 Å². The van der Waals surface area contributed by atoms with Crippen molar-refractivity contribution in [1.82, 2.24) is 19.2 Å². The predicted octanol–water partition coefficient (Wildman–Crippen LogP) is -1.33. The van der Waals surface area contributed by atoms with Gasteiger partial charge in [0.05, 0.1) is 18.6 Å². The zero-order valence-corrected chi connectivity index (χ0v) is 10.5. The van der Waals surface area contributed by atoms with Crippen LogP contribution in [0, 0.1) is 0 Å². The Morgan fingerprint density at radius 3 is 2.94 bits per heavy atom. The van der Waals surface area contributed by atoms with Gasteiger partial charge in [-0.05, 0) is 7.05 Å². The second kappa shape index (κ2) is 4.73. The lowest BCUT2D eigenvalue weighted by atomic mass is 10.2. The summed E-state index contributed by atoms with van der Waals surface area (Å²) < 4.78 is 26.1. The summed E-state index contributed by atoms with van der Waals surface area (Å²) in [6.45, 7) is 2.14. The molecule has 1 fully saturated rings. The molecule has 1 aromatic rings. The van der Waals surface area contributed by atoms with Crippen LogP contribution in [0.2, 0.25) is 0 Å². The van der Waals surface area contributed by atoms with Crippen molar-refractivity contribution in [3.05, 3.63) is 12.5 Å².